The van der Waals surface area contributed by atoms with Gasteiger partial charge in [0.15, 0.2) is 5.82 Å². The number of pyridine rings is 1. The molecule has 0 saturated heterocycles. The highest BCUT2D eigenvalue weighted by atomic mass is 14.9. The van der Waals surface area contributed by atoms with Crippen LogP contribution in [0.1, 0.15) is 0 Å². The van der Waals surface area contributed by atoms with Gasteiger partial charge in [0, 0.05) is 33.8 Å². The third-order valence-corrected chi connectivity index (χ3v) is 6.93. The molecule has 7 aromatic rings. The lowest BCUT2D eigenvalue weighted by Gasteiger charge is -2.12. The summed E-state index contributed by atoms with van der Waals surface area (Å²) in [7, 11) is 0. The van der Waals surface area contributed by atoms with Gasteiger partial charge in [0.25, 0.3) is 0 Å². The van der Waals surface area contributed by atoms with Crippen LogP contribution in [0.15, 0.2) is 140 Å². The van der Waals surface area contributed by atoms with Crippen molar-refractivity contribution in [2.45, 2.75) is 0 Å². The van der Waals surface area contributed by atoms with Gasteiger partial charge in [0.05, 0.1) is 16.9 Å². The van der Waals surface area contributed by atoms with Gasteiger partial charge in [0.1, 0.15) is 0 Å². The topological polar surface area (TPSA) is 38.7 Å². The summed E-state index contributed by atoms with van der Waals surface area (Å²) in [6.45, 7) is 0. The third-order valence-electron chi connectivity index (χ3n) is 6.93. The lowest BCUT2D eigenvalue weighted by molar-refractivity contribution is 1.18. The highest BCUT2D eigenvalue weighted by Gasteiger charge is 2.13. The van der Waals surface area contributed by atoms with E-state index in [9.17, 15) is 0 Å². The first-order chi connectivity index (χ1) is 18.8. The molecule has 0 saturated carbocycles. The summed E-state index contributed by atoms with van der Waals surface area (Å²) in [6, 6.07) is 46.0. The fraction of sp³-hybridized carbons (Fsp3) is 0. The average molecular weight is 486 g/mol. The maximum absolute atomic E-state index is 5.07. The van der Waals surface area contributed by atoms with Gasteiger partial charge in [-0.2, -0.15) is 0 Å². The molecule has 5 aromatic carbocycles. The first kappa shape index (κ1) is 22.1. The zero-order chi connectivity index (χ0) is 25.3. The molecule has 3 nitrogen and oxygen atoms in total. The van der Waals surface area contributed by atoms with E-state index < -0.39 is 0 Å². The molecule has 38 heavy (non-hydrogen) atoms. The lowest BCUT2D eigenvalue weighted by Crippen LogP contribution is -1.96. The van der Waals surface area contributed by atoms with E-state index in [0.29, 0.717) is 5.82 Å². The fourth-order valence-corrected chi connectivity index (χ4v) is 4.96. The van der Waals surface area contributed by atoms with Crippen LogP contribution in [0.3, 0.4) is 0 Å². The van der Waals surface area contributed by atoms with Crippen molar-refractivity contribution in [3.8, 4) is 45.0 Å². The van der Waals surface area contributed by atoms with E-state index in [0.717, 1.165) is 50.1 Å². The van der Waals surface area contributed by atoms with Gasteiger partial charge in [-0.15, -0.1) is 0 Å². The molecule has 0 bridgehead atoms. The van der Waals surface area contributed by atoms with Gasteiger partial charge in [0.2, 0.25) is 0 Å². The van der Waals surface area contributed by atoms with Gasteiger partial charge >= 0.3 is 0 Å². The molecule has 0 amide bonds. The van der Waals surface area contributed by atoms with Crippen LogP contribution in [0, 0.1) is 0 Å². The Morgan fingerprint density at radius 1 is 0.421 bits per heavy atom. The summed E-state index contributed by atoms with van der Waals surface area (Å²) < 4.78 is 0. The summed E-state index contributed by atoms with van der Waals surface area (Å²) in [5.74, 6) is 0.706. The summed E-state index contributed by atoms with van der Waals surface area (Å²) in [5.41, 5.74) is 8.15. The molecule has 0 aliphatic carbocycles. The Labute approximate surface area is 221 Å². The summed E-state index contributed by atoms with van der Waals surface area (Å²) in [6.07, 6.45) is 1.93. The minimum atomic E-state index is 0.706. The molecule has 0 aliphatic rings. The number of nitrogens with zero attached hydrogens (tertiary/aromatic N) is 3. The van der Waals surface area contributed by atoms with Crippen molar-refractivity contribution in [2.24, 2.45) is 0 Å². The lowest BCUT2D eigenvalue weighted by atomic mass is 10.00. The molecule has 0 aliphatic heterocycles. The normalized spacial score (nSPS) is 11.2. The number of para-hydroxylation sites is 1. The second-order valence-corrected chi connectivity index (χ2v) is 9.35. The molecule has 0 fully saturated rings. The van der Waals surface area contributed by atoms with E-state index in [1.165, 1.54) is 10.8 Å². The van der Waals surface area contributed by atoms with Crippen LogP contribution in [0.25, 0.3) is 66.7 Å². The number of hydrogen-bond acceptors (Lipinski definition) is 3. The van der Waals surface area contributed by atoms with E-state index >= 15 is 0 Å². The molecule has 0 atom stereocenters. The molecule has 178 valence electrons. The third kappa shape index (κ3) is 4.10. The summed E-state index contributed by atoms with van der Waals surface area (Å²) in [5, 5.41) is 3.50. The Bertz CT molecular complexity index is 1900. The number of aromatic nitrogens is 3. The van der Waals surface area contributed by atoms with Crippen molar-refractivity contribution in [1.82, 2.24) is 15.0 Å². The largest absolute Gasteiger partial charge is 0.256 e. The highest BCUT2D eigenvalue weighted by Crippen LogP contribution is 2.32. The molecule has 2 aromatic heterocycles. The van der Waals surface area contributed by atoms with Crippen LogP contribution in [0.5, 0.6) is 0 Å². The Kier molecular flexibility index (Phi) is 5.45. The smallest absolute Gasteiger partial charge is 0.160 e. The Morgan fingerprint density at radius 2 is 1.11 bits per heavy atom. The van der Waals surface area contributed by atoms with Crippen LogP contribution in [0.2, 0.25) is 0 Å². The maximum Gasteiger partial charge on any atom is 0.160 e. The molecular weight excluding hydrogens is 462 g/mol. The quantitative estimate of drug-likeness (QED) is 0.250. The van der Waals surface area contributed by atoms with Crippen molar-refractivity contribution in [2.75, 3.05) is 0 Å². The molecular formula is C35H23N3. The molecule has 0 unspecified atom stereocenters. The van der Waals surface area contributed by atoms with Crippen LogP contribution in [0.4, 0.5) is 0 Å². The van der Waals surface area contributed by atoms with Crippen molar-refractivity contribution in [3.05, 3.63) is 140 Å². The second-order valence-electron chi connectivity index (χ2n) is 9.35. The fourth-order valence-electron chi connectivity index (χ4n) is 4.96. The van der Waals surface area contributed by atoms with Gasteiger partial charge in [-0.3, -0.25) is 4.98 Å². The maximum atomic E-state index is 5.07. The predicted octanol–water partition coefficient (Wildman–Crippen LogP) is 8.85. The molecule has 2 heterocycles. The monoisotopic (exact) mass is 485 g/mol. The Hall–Kier alpha value is -5.15. The number of rotatable bonds is 4. The summed E-state index contributed by atoms with van der Waals surface area (Å²) in [4.78, 5) is 14.7. The van der Waals surface area contributed by atoms with Gasteiger partial charge < -0.3 is 0 Å². The van der Waals surface area contributed by atoms with Crippen LogP contribution in [-0.4, -0.2) is 15.0 Å². The number of hydrogen-bond donors (Lipinski definition) is 0. The second kappa shape index (κ2) is 9.38. The van der Waals surface area contributed by atoms with Crippen molar-refractivity contribution in [1.29, 1.82) is 0 Å². The SMILES string of the molecule is c1ccc(-c2cc(-c3cccc4ccccc34)nc(-c3ccc(-c4cnc5ccccc5c4)cc3)n2)cc1. The van der Waals surface area contributed by atoms with Crippen LogP contribution in [-0.2, 0) is 0 Å². The van der Waals surface area contributed by atoms with Gasteiger partial charge in [-0.1, -0.05) is 115 Å². The molecule has 0 radical (unpaired) electrons. The predicted molar refractivity (Wildman–Crippen MR) is 157 cm³/mol. The van der Waals surface area contributed by atoms with Gasteiger partial charge in [-0.25, -0.2) is 9.97 Å². The van der Waals surface area contributed by atoms with Crippen LogP contribution < -0.4 is 0 Å². The average Bonchev–Trinajstić information content (AvgIpc) is 3.01. The minimum absolute atomic E-state index is 0.706. The van der Waals surface area contributed by atoms with Crippen molar-refractivity contribution in [3.63, 3.8) is 0 Å². The number of benzene rings is 5. The first-order valence-corrected chi connectivity index (χ1v) is 12.7. The molecule has 0 spiro atoms. The minimum Gasteiger partial charge on any atom is -0.256 e. The van der Waals surface area contributed by atoms with Crippen molar-refractivity contribution < 1.29 is 0 Å². The van der Waals surface area contributed by atoms with E-state index in [1.807, 2.05) is 42.6 Å². The molecule has 3 heteroatoms. The Balaban J connectivity index is 1.35. The number of fused-ring (bicyclic) bond motifs is 2. The van der Waals surface area contributed by atoms with Crippen molar-refractivity contribution >= 4 is 21.7 Å². The standard InChI is InChI=1S/C35H23N3/c1-2-10-26(11-3-1)33-22-34(31-15-8-13-25-9-4-6-14-30(25)31)38-35(37-33)27-19-17-24(18-20-27)29-21-28-12-5-7-16-32(28)36-23-29/h1-23H. The highest BCUT2D eigenvalue weighted by molar-refractivity contribution is 5.96. The van der Waals surface area contributed by atoms with E-state index in [-0.39, 0.29) is 0 Å². The van der Waals surface area contributed by atoms with Gasteiger partial charge in [-0.05, 0) is 34.5 Å². The van der Waals surface area contributed by atoms with Crippen LogP contribution >= 0.6 is 0 Å². The zero-order valence-electron chi connectivity index (χ0n) is 20.6. The van der Waals surface area contributed by atoms with E-state index in [4.69, 9.17) is 9.97 Å². The first-order valence-electron chi connectivity index (χ1n) is 12.7. The van der Waals surface area contributed by atoms with E-state index in [2.05, 4.69) is 102 Å². The molecule has 7 rings (SSSR count). The zero-order valence-corrected chi connectivity index (χ0v) is 20.6. The molecule has 0 N–H and O–H groups in total. The van der Waals surface area contributed by atoms with E-state index in [1.54, 1.807) is 0 Å². The Morgan fingerprint density at radius 3 is 1.97 bits per heavy atom. The summed E-state index contributed by atoms with van der Waals surface area (Å²) >= 11 is 0.